The molecule has 1 unspecified atom stereocenters. The van der Waals surface area contributed by atoms with Crippen LogP contribution in [-0.4, -0.2) is 33.9 Å². The fraction of sp³-hybridized carbons (Fsp3) is 0.500. The molecule has 19 heavy (non-hydrogen) atoms. The van der Waals surface area contributed by atoms with Crippen LogP contribution in [0.15, 0.2) is 18.3 Å². The molecule has 0 bridgehead atoms. The molecule has 5 heteroatoms. The van der Waals surface area contributed by atoms with Crippen LogP contribution >= 0.6 is 12.2 Å². The maximum atomic E-state index is 12.3. The molecule has 1 aromatic heterocycles. The van der Waals surface area contributed by atoms with E-state index < -0.39 is 0 Å². The first kappa shape index (κ1) is 13.9. The number of thiocarbonyl (C=S) groups is 1. The van der Waals surface area contributed by atoms with E-state index in [0.29, 0.717) is 28.1 Å². The summed E-state index contributed by atoms with van der Waals surface area (Å²) < 4.78 is 0. The van der Waals surface area contributed by atoms with Crippen LogP contribution in [0.25, 0.3) is 0 Å². The third kappa shape index (κ3) is 3.10. The van der Waals surface area contributed by atoms with Crippen LogP contribution in [0, 0.1) is 11.8 Å². The van der Waals surface area contributed by atoms with E-state index in [2.05, 4.69) is 18.8 Å². The topological polar surface area (TPSA) is 59.2 Å². The molecule has 2 rings (SSSR count). The number of aromatic nitrogens is 1. The van der Waals surface area contributed by atoms with Gasteiger partial charge in [0, 0.05) is 24.8 Å². The molecule has 1 amide bonds. The van der Waals surface area contributed by atoms with Crippen LogP contribution in [-0.2, 0) is 0 Å². The zero-order valence-electron chi connectivity index (χ0n) is 11.3. The average Bonchev–Trinajstić information content (AvgIpc) is 2.87. The van der Waals surface area contributed by atoms with Crippen LogP contribution in [0.3, 0.4) is 0 Å². The average molecular weight is 277 g/mol. The highest BCUT2D eigenvalue weighted by atomic mass is 32.1. The Labute approximate surface area is 119 Å². The van der Waals surface area contributed by atoms with Crippen molar-refractivity contribution in [3.05, 3.63) is 29.6 Å². The summed E-state index contributed by atoms with van der Waals surface area (Å²) in [5.74, 6) is 1.21. The second-order valence-corrected chi connectivity index (χ2v) is 5.78. The molecule has 0 spiro atoms. The van der Waals surface area contributed by atoms with Gasteiger partial charge in [0.1, 0.15) is 10.7 Å². The van der Waals surface area contributed by atoms with E-state index in [1.54, 1.807) is 18.3 Å². The van der Waals surface area contributed by atoms with Gasteiger partial charge in [-0.15, -0.1) is 0 Å². The molecule has 1 atom stereocenters. The Balaban J connectivity index is 2.06. The van der Waals surface area contributed by atoms with Crippen LogP contribution in [0.2, 0.25) is 0 Å². The molecule has 4 nitrogen and oxygen atoms in total. The maximum Gasteiger partial charge on any atom is 0.272 e. The van der Waals surface area contributed by atoms with E-state index in [9.17, 15) is 4.79 Å². The Hall–Kier alpha value is -1.49. The minimum atomic E-state index is -0.00219. The molecule has 0 radical (unpaired) electrons. The number of pyridine rings is 1. The molecule has 102 valence electrons. The van der Waals surface area contributed by atoms with Gasteiger partial charge < -0.3 is 10.6 Å². The SMILES string of the molecule is CC(C)C1CCN(C(=O)c2ccc(C(N)=S)cn2)C1. The number of nitrogens with two attached hydrogens (primary N) is 1. The van der Waals surface area contributed by atoms with Crippen molar-refractivity contribution < 1.29 is 4.79 Å². The van der Waals surface area contributed by atoms with Gasteiger partial charge in [-0.2, -0.15) is 0 Å². The Morgan fingerprint density at radius 3 is 2.74 bits per heavy atom. The van der Waals surface area contributed by atoms with Gasteiger partial charge in [-0.3, -0.25) is 9.78 Å². The summed E-state index contributed by atoms with van der Waals surface area (Å²) in [6.07, 6.45) is 2.64. The Morgan fingerprint density at radius 2 is 2.26 bits per heavy atom. The highest BCUT2D eigenvalue weighted by molar-refractivity contribution is 7.80. The number of amides is 1. The predicted molar refractivity (Wildman–Crippen MR) is 79.0 cm³/mol. The van der Waals surface area contributed by atoms with Gasteiger partial charge in [-0.05, 0) is 30.4 Å². The summed E-state index contributed by atoms with van der Waals surface area (Å²) in [4.78, 5) is 18.6. The number of rotatable bonds is 3. The standard InChI is InChI=1S/C14H19N3OS/c1-9(2)11-5-6-17(8-11)14(18)12-4-3-10(7-16-12)13(15)19/h3-4,7,9,11H,5-6,8H2,1-2H3,(H2,15,19). The van der Waals surface area contributed by atoms with E-state index in [0.717, 1.165) is 19.5 Å². The van der Waals surface area contributed by atoms with Crippen molar-refractivity contribution in [1.29, 1.82) is 0 Å². The molecular formula is C14H19N3OS. The van der Waals surface area contributed by atoms with Crippen molar-refractivity contribution in [1.82, 2.24) is 9.88 Å². The van der Waals surface area contributed by atoms with Crippen molar-refractivity contribution in [2.45, 2.75) is 20.3 Å². The molecule has 1 saturated heterocycles. The minimum Gasteiger partial charge on any atom is -0.389 e. The smallest absolute Gasteiger partial charge is 0.272 e. The first-order valence-electron chi connectivity index (χ1n) is 6.54. The summed E-state index contributed by atoms with van der Waals surface area (Å²) in [5, 5.41) is 0. The van der Waals surface area contributed by atoms with Gasteiger partial charge >= 0.3 is 0 Å². The van der Waals surface area contributed by atoms with E-state index >= 15 is 0 Å². The first-order valence-corrected chi connectivity index (χ1v) is 6.95. The van der Waals surface area contributed by atoms with E-state index in [1.807, 2.05) is 4.90 Å². The highest BCUT2D eigenvalue weighted by Crippen LogP contribution is 2.24. The number of hydrogen-bond donors (Lipinski definition) is 1. The van der Waals surface area contributed by atoms with Gasteiger partial charge in [-0.1, -0.05) is 26.1 Å². The van der Waals surface area contributed by atoms with Gasteiger partial charge in [-0.25, -0.2) is 0 Å². The molecule has 0 saturated carbocycles. The Bertz CT molecular complexity index is 484. The van der Waals surface area contributed by atoms with Crippen molar-refractivity contribution in [2.75, 3.05) is 13.1 Å². The zero-order chi connectivity index (χ0) is 14.0. The Kier molecular flexibility index (Phi) is 4.14. The van der Waals surface area contributed by atoms with Crippen LogP contribution in [0.1, 0.15) is 36.3 Å². The second kappa shape index (κ2) is 5.65. The lowest BCUT2D eigenvalue weighted by atomic mass is 9.95. The monoisotopic (exact) mass is 277 g/mol. The van der Waals surface area contributed by atoms with Gasteiger partial charge in [0.15, 0.2) is 0 Å². The summed E-state index contributed by atoms with van der Waals surface area (Å²) in [7, 11) is 0. The molecule has 1 aliphatic rings. The molecule has 1 aliphatic heterocycles. The summed E-state index contributed by atoms with van der Waals surface area (Å²) in [6, 6.07) is 3.44. The zero-order valence-corrected chi connectivity index (χ0v) is 12.1. The minimum absolute atomic E-state index is 0.00219. The molecule has 0 aromatic carbocycles. The molecule has 2 N–H and O–H groups in total. The van der Waals surface area contributed by atoms with Crippen LogP contribution < -0.4 is 5.73 Å². The van der Waals surface area contributed by atoms with Crippen molar-refractivity contribution in [2.24, 2.45) is 17.6 Å². The fourth-order valence-corrected chi connectivity index (χ4v) is 2.46. The van der Waals surface area contributed by atoms with Gasteiger partial charge in [0.25, 0.3) is 5.91 Å². The van der Waals surface area contributed by atoms with Gasteiger partial charge in [0.05, 0.1) is 0 Å². The summed E-state index contributed by atoms with van der Waals surface area (Å²) in [5.41, 5.74) is 6.66. The number of likely N-dealkylation sites (tertiary alicyclic amines) is 1. The number of carbonyl (C=O) groups is 1. The van der Waals surface area contributed by atoms with Gasteiger partial charge in [0.2, 0.25) is 0 Å². The highest BCUT2D eigenvalue weighted by Gasteiger charge is 2.29. The normalized spacial score (nSPS) is 18.9. The number of hydrogen-bond acceptors (Lipinski definition) is 3. The summed E-state index contributed by atoms with van der Waals surface area (Å²) >= 11 is 4.86. The largest absolute Gasteiger partial charge is 0.389 e. The maximum absolute atomic E-state index is 12.3. The second-order valence-electron chi connectivity index (χ2n) is 5.34. The molecule has 0 aliphatic carbocycles. The quantitative estimate of drug-likeness (QED) is 0.856. The van der Waals surface area contributed by atoms with E-state index in [4.69, 9.17) is 18.0 Å². The number of nitrogens with zero attached hydrogens (tertiary/aromatic N) is 2. The lowest BCUT2D eigenvalue weighted by Crippen LogP contribution is -2.30. The lowest BCUT2D eigenvalue weighted by molar-refractivity contribution is 0.0778. The van der Waals surface area contributed by atoms with E-state index in [1.165, 1.54) is 0 Å². The van der Waals surface area contributed by atoms with Crippen LogP contribution in [0.5, 0.6) is 0 Å². The van der Waals surface area contributed by atoms with Crippen molar-refractivity contribution >= 4 is 23.1 Å². The van der Waals surface area contributed by atoms with E-state index in [-0.39, 0.29) is 5.91 Å². The third-order valence-electron chi connectivity index (χ3n) is 3.72. The fourth-order valence-electron chi connectivity index (χ4n) is 2.34. The predicted octanol–water partition coefficient (Wildman–Crippen LogP) is 1.83. The number of carbonyl (C=O) groups excluding carboxylic acids is 1. The van der Waals surface area contributed by atoms with Crippen LogP contribution in [0.4, 0.5) is 0 Å². The molecule has 2 heterocycles. The first-order chi connectivity index (χ1) is 8.99. The Morgan fingerprint density at radius 1 is 1.53 bits per heavy atom. The van der Waals surface area contributed by atoms with Crippen molar-refractivity contribution in [3.63, 3.8) is 0 Å². The third-order valence-corrected chi connectivity index (χ3v) is 3.96. The van der Waals surface area contributed by atoms with Crippen molar-refractivity contribution in [3.8, 4) is 0 Å². The molecule has 1 fully saturated rings. The molecular weight excluding hydrogens is 258 g/mol. The lowest BCUT2D eigenvalue weighted by Gasteiger charge is -2.17. The summed E-state index contributed by atoms with van der Waals surface area (Å²) in [6.45, 7) is 6.05. The molecule has 1 aromatic rings.